The molecule has 0 spiro atoms. The molecule has 0 saturated heterocycles. The molecule has 2 N–H and O–H groups in total. The van der Waals surface area contributed by atoms with Crippen molar-refractivity contribution >= 4 is 29.3 Å². The maximum Gasteiger partial charge on any atom is 0.329 e. The van der Waals surface area contributed by atoms with Crippen LogP contribution >= 0.6 is 11.6 Å². The van der Waals surface area contributed by atoms with E-state index in [1.165, 1.54) is 6.08 Å². The number of carbonyl (C=O) groups is 2. The lowest BCUT2D eigenvalue weighted by Crippen LogP contribution is -2.45. The van der Waals surface area contributed by atoms with Crippen molar-refractivity contribution in [1.29, 1.82) is 0 Å². The van der Waals surface area contributed by atoms with E-state index in [1.54, 1.807) is 24.3 Å². The zero-order valence-corrected chi connectivity index (χ0v) is 14.3. The van der Waals surface area contributed by atoms with Crippen LogP contribution in [-0.4, -0.2) is 24.6 Å². The van der Waals surface area contributed by atoms with Crippen LogP contribution in [0.4, 0.5) is 10.5 Å². The van der Waals surface area contributed by atoms with Crippen LogP contribution in [0.3, 0.4) is 0 Å². The molecular weight excluding hydrogens is 340 g/mol. The number of carbonyl (C=O) groups excluding carboxylic acids is 2. The molecular formula is C19H19ClN2O3. The van der Waals surface area contributed by atoms with E-state index < -0.39 is 18.0 Å². The third-order valence-electron chi connectivity index (χ3n) is 3.30. The molecule has 0 bridgehead atoms. The van der Waals surface area contributed by atoms with Gasteiger partial charge in [-0.3, -0.25) is 0 Å². The van der Waals surface area contributed by atoms with Gasteiger partial charge in [0.2, 0.25) is 0 Å². The van der Waals surface area contributed by atoms with E-state index in [0.29, 0.717) is 17.1 Å². The summed E-state index contributed by atoms with van der Waals surface area (Å²) in [6, 6.07) is 14.8. The van der Waals surface area contributed by atoms with Crippen LogP contribution < -0.4 is 10.6 Å². The highest BCUT2D eigenvalue weighted by Crippen LogP contribution is 2.15. The van der Waals surface area contributed by atoms with Gasteiger partial charge in [0.25, 0.3) is 0 Å². The summed E-state index contributed by atoms with van der Waals surface area (Å²) in [5.74, 6) is -0.523. The van der Waals surface area contributed by atoms with E-state index in [9.17, 15) is 9.59 Å². The molecule has 130 valence electrons. The van der Waals surface area contributed by atoms with Crippen molar-refractivity contribution in [3.8, 4) is 0 Å². The summed E-state index contributed by atoms with van der Waals surface area (Å²) >= 11 is 5.89. The van der Waals surface area contributed by atoms with Crippen LogP contribution in [0, 0.1) is 0 Å². The predicted molar refractivity (Wildman–Crippen MR) is 98.7 cm³/mol. The topological polar surface area (TPSA) is 67.4 Å². The SMILES string of the molecule is C=CCOC(=O)C(Cc1ccccc1)NC(=O)Nc1cccc(Cl)c1. The maximum absolute atomic E-state index is 12.2. The highest BCUT2D eigenvalue weighted by molar-refractivity contribution is 6.30. The fourth-order valence-corrected chi connectivity index (χ4v) is 2.37. The summed E-state index contributed by atoms with van der Waals surface area (Å²) in [5, 5.41) is 5.79. The normalized spacial score (nSPS) is 11.2. The molecule has 0 saturated carbocycles. The molecule has 2 amide bonds. The Morgan fingerprint density at radius 2 is 1.92 bits per heavy atom. The molecule has 2 aromatic carbocycles. The average molecular weight is 359 g/mol. The van der Waals surface area contributed by atoms with E-state index in [-0.39, 0.29) is 6.61 Å². The van der Waals surface area contributed by atoms with Gasteiger partial charge >= 0.3 is 12.0 Å². The zero-order chi connectivity index (χ0) is 18.1. The molecule has 0 radical (unpaired) electrons. The van der Waals surface area contributed by atoms with E-state index in [1.807, 2.05) is 30.3 Å². The first-order chi connectivity index (χ1) is 12.1. The first-order valence-corrected chi connectivity index (χ1v) is 8.11. The average Bonchev–Trinajstić information content (AvgIpc) is 2.60. The maximum atomic E-state index is 12.2. The van der Waals surface area contributed by atoms with Gasteiger partial charge in [0.15, 0.2) is 0 Å². The molecule has 0 aromatic heterocycles. The van der Waals surface area contributed by atoms with Gasteiger partial charge in [-0.05, 0) is 23.8 Å². The van der Waals surface area contributed by atoms with Gasteiger partial charge in [-0.15, -0.1) is 0 Å². The smallest absolute Gasteiger partial charge is 0.329 e. The number of esters is 1. The van der Waals surface area contributed by atoms with Crippen LogP contribution in [0.1, 0.15) is 5.56 Å². The molecule has 5 nitrogen and oxygen atoms in total. The lowest BCUT2D eigenvalue weighted by Gasteiger charge is -2.18. The number of urea groups is 1. The van der Waals surface area contributed by atoms with E-state index in [2.05, 4.69) is 17.2 Å². The van der Waals surface area contributed by atoms with Crippen LogP contribution in [0.2, 0.25) is 5.02 Å². The molecule has 0 aliphatic rings. The van der Waals surface area contributed by atoms with Crippen molar-refractivity contribution in [2.24, 2.45) is 0 Å². The van der Waals surface area contributed by atoms with Gasteiger partial charge in [-0.1, -0.05) is 60.7 Å². The predicted octanol–water partition coefficient (Wildman–Crippen LogP) is 3.80. The molecule has 1 unspecified atom stereocenters. The first kappa shape index (κ1) is 18.5. The summed E-state index contributed by atoms with van der Waals surface area (Å²) in [6.45, 7) is 3.60. The molecule has 0 heterocycles. The Morgan fingerprint density at radius 3 is 2.60 bits per heavy atom. The van der Waals surface area contributed by atoms with E-state index >= 15 is 0 Å². The number of benzene rings is 2. The van der Waals surface area contributed by atoms with Gasteiger partial charge in [0.05, 0.1) is 0 Å². The minimum atomic E-state index is -0.818. The monoisotopic (exact) mass is 358 g/mol. The van der Waals surface area contributed by atoms with Gasteiger partial charge in [-0.25, -0.2) is 9.59 Å². The summed E-state index contributed by atoms with van der Waals surface area (Å²) < 4.78 is 5.08. The van der Waals surface area contributed by atoms with Crippen molar-refractivity contribution in [1.82, 2.24) is 5.32 Å². The van der Waals surface area contributed by atoms with Crippen molar-refractivity contribution < 1.29 is 14.3 Å². The number of anilines is 1. The second-order valence-corrected chi connectivity index (χ2v) is 5.71. The summed E-state index contributed by atoms with van der Waals surface area (Å²) in [5.41, 5.74) is 1.44. The van der Waals surface area contributed by atoms with Gasteiger partial charge < -0.3 is 15.4 Å². The Labute approximate surface area is 151 Å². The Morgan fingerprint density at radius 1 is 1.16 bits per heavy atom. The molecule has 2 rings (SSSR count). The van der Waals surface area contributed by atoms with Crippen LogP contribution in [0.25, 0.3) is 0 Å². The van der Waals surface area contributed by atoms with E-state index in [0.717, 1.165) is 5.56 Å². The number of nitrogens with one attached hydrogen (secondary N) is 2. The molecule has 2 aromatic rings. The first-order valence-electron chi connectivity index (χ1n) is 7.73. The lowest BCUT2D eigenvalue weighted by atomic mass is 10.1. The van der Waals surface area contributed by atoms with Crippen LogP contribution in [-0.2, 0) is 16.0 Å². The third-order valence-corrected chi connectivity index (χ3v) is 3.53. The Hall–Kier alpha value is -2.79. The summed E-state index contributed by atoms with van der Waals surface area (Å²) in [6.07, 6.45) is 1.79. The number of halogens is 1. The second kappa shape index (κ2) is 9.49. The fourth-order valence-electron chi connectivity index (χ4n) is 2.18. The Bertz CT molecular complexity index is 734. The van der Waals surface area contributed by atoms with Crippen LogP contribution in [0.15, 0.2) is 67.3 Å². The van der Waals surface area contributed by atoms with Crippen molar-refractivity contribution in [2.45, 2.75) is 12.5 Å². The number of amides is 2. The van der Waals surface area contributed by atoms with Crippen LogP contribution in [0.5, 0.6) is 0 Å². The molecule has 0 aliphatic heterocycles. The van der Waals surface area contributed by atoms with Gasteiger partial charge in [-0.2, -0.15) is 0 Å². The number of rotatable bonds is 7. The van der Waals surface area contributed by atoms with Gasteiger partial charge in [0.1, 0.15) is 12.6 Å². The molecule has 25 heavy (non-hydrogen) atoms. The lowest BCUT2D eigenvalue weighted by molar-refractivity contribution is -0.144. The quantitative estimate of drug-likeness (QED) is 0.584. The number of hydrogen-bond donors (Lipinski definition) is 2. The number of hydrogen-bond acceptors (Lipinski definition) is 3. The largest absolute Gasteiger partial charge is 0.460 e. The Balaban J connectivity index is 2.04. The van der Waals surface area contributed by atoms with Crippen molar-refractivity contribution in [2.75, 3.05) is 11.9 Å². The fraction of sp³-hybridized carbons (Fsp3) is 0.158. The summed E-state index contributed by atoms with van der Waals surface area (Å²) in [7, 11) is 0. The second-order valence-electron chi connectivity index (χ2n) is 5.27. The van der Waals surface area contributed by atoms with Crippen molar-refractivity contribution in [3.63, 3.8) is 0 Å². The highest BCUT2D eigenvalue weighted by atomic mass is 35.5. The Kier molecular flexibility index (Phi) is 7.04. The third kappa shape index (κ3) is 6.31. The standard InChI is InChI=1S/C19H19ClN2O3/c1-2-11-25-18(23)17(12-14-7-4-3-5-8-14)22-19(24)21-16-10-6-9-15(20)13-16/h2-10,13,17H,1,11-12H2,(H2,21,22,24). The van der Waals surface area contributed by atoms with Gasteiger partial charge in [0, 0.05) is 17.1 Å². The zero-order valence-electron chi connectivity index (χ0n) is 13.6. The minimum Gasteiger partial charge on any atom is -0.460 e. The molecule has 1 atom stereocenters. The molecule has 0 fully saturated rings. The number of ether oxygens (including phenoxy) is 1. The molecule has 0 aliphatic carbocycles. The van der Waals surface area contributed by atoms with E-state index in [4.69, 9.17) is 16.3 Å². The van der Waals surface area contributed by atoms with Crippen molar-refractivity contribution in [3.05, 3.63) is 77.8 Å². The summed E-state index contributed by atoms with van der Waals surface area (Å²) in [4.78, 5) is 24.4. The molecule has 6 heteroatoms. The highest BCUT2D eigenvalue weighted by Gasteiger charge is 2.22. The minimum absolute atomic E-state index is 0.0850.